The number of carbonyl (C=O) groups excluding carboxylic acids is 1. The minimum absolute atomic E-state index is 0.0460. The molecule has 1 aromatic heterocycles. The van der Waals surface area contributed by atoms with Crippen LogP contribution >= 0.6 is 11.8 Å². The lowest BCUT2D eigenvalue weighted by molar-refractivity contribution is -0.116. The third kappa shape index (κ3) is 6.92. The van der Waals surface area contributed by atoms with E-state index in [2.05, 4.69) is 37.6 Å². The fourth-order valence-corrected chi connectivity index (χ4v) is 4.25. The van der Waals surface area contributed by atoms with Gasteiger partial charge >= 0.3 is 0 Å². The number of nitrogens with zero attached hydrogens (tertiary/aromatic N) is 4. The van der Waals surface area contributed by atoms with Crippen molar-refractivity contribution in [1.82, 2.24) is 14.9 Å². The number of hydrogen-bond donors (Lipinski definition) is 2. The fourth-order valence-electron chi connectivity index (χ4n) is 3.41. The molecule has 172 valence electrons. The van der Waals surface area contributed by atoms with Crippen LogP contribution in [0.5, 0.6) is 0 Å². The van der Waals surface area contributed by atoms with Gasteiger partial charge in [0.05, 0.1) is 19.8 Å². The summed E-state index contributed by atoms with van der Waals surface area (Å²) < 4.78 is 5.42. The lowest BCUT2D eigenvalue weighted by atomic mass is 10.2. The number of morpholine rings is 1. The smallest absolute Gasteiger partial charge is 0.238 e. The van der Waals surface area contributed by atoms with Gasteiger partial charge in [0.1, 0.15) is 5.03 Å². The maximum Gasteiger partial charge on any atom is 0.238 e. The predicted molar refractivity (Wildman–Crippen MR) is 133 cm³/mol. The van der Waals surface area contributed by atoms with E-state index in [-0.39, 0.29) is 5.91 Å². The molecular formula is C24H28N6O2S. The van der Waals surface area contributed by atoms with Crippen LogP contribution < -0.4 is 15.5 Å². The van der Waals surface area contributed by atoms with Crippen LogP contribution in [0.4, 0.5) is 23.0 Å². The van der Waals surface area contributed by atoms with Crippen molar-refractivity contribution in [3.63, 3.8) is 0 Å². The average molecular weight is 465 g/mol. The molecule has 0 aliphatic carbocycles. The topological polar surface area (TPSA) is 82.6 Å². The zero-order valence-corrected chi connectivity index (χ0v) is 19.6. The lowest BCUT2D eigenvalue weighted by Gasteiger charge is -2.28. The van der Waals surface area contributed by atoms with E-state index in [1.165, 1.54) is 17.4 Å². The van der Waals surface area contributed by atoms with Crippen LogP contribution in [0.1, 0.15) is 0 Å². The molecule has 9 heteroatoms. The lowest BCUT2D eigenvalue weighted by Crippen LogP contribution is -2.36. The van der Waals surface area contributed by atoms with Gasteiger partial charge < -0.3 is 25.2 Å². The number of benzene rings is 2. The zero-order valence-electron chi connectivity index (χ0n) is 18.8. The van der Waals surface area contributed by atoms with Crippen molar-refractivity contribution in [3.8, 4) is 0 Å². The Morgan fingerprint density at radius 2 is 1.88 bits per heavy atom. The van der Waals surface area contributed by atoms with Gasteiger partial charge in [-0.1, -0.05) is 17.8 Å². The summed E-state index contributed by atoms with van der Waals surface area (Å²) in [5.41, 5.74) is 2.88. The van der Waals surface area contributed by atoms with Crippen LogP contribution in [-0.4, -0.2) is 67.7 Å². The molecule has 4 rings (SSSR count). The third-order valence-electron chi connectivity index (χ3n) is 4.93. The summed E-state index contributed by atoms with van der Waals surface area (Å²) in [7, 11) is 3.73. The van der Waals surface area contributed by atoms with Crippen molar-refractivity contribution in [3.05, 3.63) is 60.8 Å². The molecular weight excluding hydrogens is 436 g/mol. The van der Waals surface area contributed by atoms with Crippen molar-refractivity contribution >= 4 is 40.7 Å². The van der Waals surface area contributed by atoms with Crippen LogP contribution in [-0.2, 0) is 9.53 Å². The van der Waals surface area contributed by atoms with E-state index in [0.717, 1.165) is 47.6 Å². The molecule has 2 heterocycles. The predicted octanol–water partition coefficient (Wildman–Crippen LogP) is 3.71. The first-order valence-electron chi connectivity index (χ1n) is 10.8. The number of aromatic nitrogens is 2. The Labute approximate surface area is 198 Å². The van der Waals surface area contributed by atoms with Gasteiger partial charge in [-0.3, -0.25) is 4.79 Å². The van der Waals surface area contributed by atoms with E-state index in [0.29, 0.717) is 12.5 Å². The monoisotopic (exact) mass is 464 g/mol. The van der Waals surface area contributed by atoms with Crippen molar-refractivity contribution in [2.75, 3.05) is 62.5 Å². The van der Waals surface area contributed by atoms with E-state index in [4.69, 9.17) is 4.74 Å². The summed E-state index contributed by atoms with van der Waals surface area (Å²) >= 11 is 1.52. The largest absolute Gasteiger partial charge is 0.378 e. The quantitative estimate of drug-likeness (QED) is 0.488. The van der Waals surface area contributed by atoms with Gasteiger partial charge in [0.15, 0.2) is 0 Å². The summed E-state index contributed by atoms with van der Waals surface area (Å²) in [5, 5.41) is 7.01. The molecule has 2 aromatic carbocycles. The SMILES string of the molecule is CN(C)CC(=O)Nc1cccc(Sc2ccnc(Nc3ccc(N4CCOCC4)cc3)n2)c1. The summed E-state index contributed by atoms with van der Waals surface area (Å²) in [6, 6.07) is 17.9. The Hall–Kier alpha value is -3.14. The Balaban J connectivity index is 1.38. The number of amides is 1. The average Bonchev–Trinajstić information content (AvgIpc) is 2.80. The van der Waals surface area contributed by atoms with Gasteiger partial charge in [-0.25, -0.2) is 9.97 Å². The number of nitrogens with one attached hydrogen (secondary N) is 2. The number of hydrogen-bond acceptors (Lipinski definition) is 8. The highest BCUT2D eigenvalue weighted by molar-refractivity contribution is 7.99. The molecule has 1 amide bonds. The maximum atomic E-state index is 12.0. The summed E-state index contributed by atoms with van der Waals surface area (Å²) in [6.07, 6.45) is 1.74. The van der Waals surface area contributed by atoms with Gasteiger partial charge in [0.2, 0.25) is 11.9 Å². The van der Waals surface area contributed by atoms with Gasteiger partial charge in [0.25, 0.3) is 0 Å². The first-order chi connectivity index (χ1) is 16.0. The highest BCUT2D eigenvalue weighted by atomic mass is 32.2. The van der Waals surface area contributed by atoms with Crippen molar-refractivity contribution < 1.29 is 9.53 Å². The minimum Gasteiger partial charge on any atom is -0.378 e. The first-order valence-corrected chi connectivity index (χ1v) is 11.6. The van der Waals surface area contributed by atoms with Crippen molar-refractivity contribution in [1.29, 1.82) is 0 Å². The minimum atomic E-state index is -0.0460. The van der Waals surface area contributed by atoms with Crippen LogP contribution in [0, 0.1) is 0 Å². The molecule has 0 radical (unpaired) electrons. The molecule has 0 bridgehead atoms. The van der Waals surface area contributed by atoms with E-state index in [9.17, 15) is 4.79 Å². The van der Waals surface area contributed by atoms with Crippen LogP contribution in [0.3, 0.4) is 0 Å². The maximum absolute atomic E-state index is 12.0. The van der Waals surface area contributed by atoms with Gasteiger partial charge in [-0.2, -0.15) is 0 Å². The highest BCUT2D eigenvalue weighted by Crippen LogP contribution is 2.29. The second-order valence-electron chi connectivity index (χ2n) is 7.91. The van der Waals surface area contributed by atoms with E-state index in [1.54, 1.807) is 6.20 Å². The molecule has 1 aliphatic rings. The van der Waals surface area contributed by atoms with Crippen LogP contribution in [0.25, 0.3) is 0 Å². The van der Waals surface area contributed by atoms with Gasteiger partial charge in [0, 0.05) is 41.2 Å². The Morgan fingerprint density at radius 1 is 1.09 bits per heavy atom. The number of ether oxygens (including phenoxy) is 1. The van der Waals surface area contributed by atoms with E-state index >= 15 is 0 Å². The molecule has 1 saturated heterocycles. The molecule has 33 heavy (non-hydrogen) atoms. The second-order valence-corrected chi connectivity index (χ2v) is 9.00. The zero-order chi connectivity index (χ0) is 23.0. The summed E-state index contributed by atoms with van der Waals surface area (Å²) in [5.74, 6) is 0.491. The molecule has 3 aromatic rings. The molecule has 0 unspecified atom stereocenters. The van der Waals surface area contributed by atoms with E-state index in [1.807, 2.05) is 61.5 Å². The summed E-state index contributed by atoms with van der Waals surface area (Å²) in [4.78, 5) is 26.1. The van der Waals surface area contributed by atoms with Crippen LogP contribution in [0.2, 0.25) is 0 Å². The number of rotatable bonds is 8. The van der Waals surface area contributed by atoms with Crippen molar-refractivity contribution in [2.45, 2.75) is 9.92 Å². The standard InChI is InChI=1S/C24H28N6O2S/c1-29(2)17-22(31)26-19-4-3-5-21(16-19)33-23-10-11-25-24(28-23)27-18-6-8-20(9-7-18)30-12-14-32-15-13-30/h3-11,16H,12-15,17H2,1-2H3,(H,26,31)(H,25,27,28). The molecule has 1 fully saturated rings. The normalized spacial score (nSPS) is 13.7. The molecule has 0 spiro atoms. The number of anilines is 4. The molecule has 0 atom stereocenters. The molecule has 2 N–H and O–H groups in total. The van der Waals surface area contributed by atoms with Gasteiger partial charge in [-0.15, -0.1) is 0 Å². The number of carbonyl (C=O) groups is 1. The molecule has 0 saturated carbocycles. The summed E-state index contributed by atoms with van der Waals surface area (Å²) in [6.45, 7) is 3.70. The highest BCUT2D eigenvalue weighted by Gasteiger charge is 2.11. The second kappa shape index (κ2) is 11.1. The third-order valence-corrected chi connectivity index (χ3v) is 5.86. The first kappa shape index (κ1) is 23.0. The van der Waals surface area contributed by atoms with Crippen LogP contribution in [0.15, 0.2) is 70.7 Å². The fraction of sp³-hybridized carbons (Fsp3) is 0.292. The molecule has 8 nitrogen and oxygen atoms in total. The Morgan fingerprint density at radius 3 is 2.64 bits per heavy atom. The Kier molecular flexibility index (Phi) is 7.77. The van der Waals surface area contributed by atoms with E-state index < -0.39 is 0 Å². The molecule has 1 aliphatic heterocycles. The van der Waals surface area contributed by atoms with Gasteiger partial charge in [-0.05, 0) is 62.6 Å². The van der Waals surface area contributed by atoms with Crippen molar-refractivity contribution in [2.24, 2.45) is 0 Å². The number of likely N-dealkylation sites (N-methyl/N-ethyl adjacent to an activating group) is 1. The Bertz CT molecular complexity index is 1070.